The number of aliphatic hydroxyl groups excluding tert-OH is 1. The standard InChI is InChI=1S/C13H13ClF3N3O/c14-12-2-1-10(13(15,16)17)5-9(12)6-18-11-7-19-20(8-11)3-4-21/h1-2,5,7-8,18,21H,3-4,6H2. The molecule has 8 heteroatoms. The van der Waals surface area contributed by atoms with E-state index < -0.39 is 11.7 Å². The number of alkyl halides is 3. The number of hydrogen-bond donors (Lipinski definition) is 2. The molecule has 1 heterocycles. The van der Waals surface area contributed by atoms with Crippen molar-refractivity contribution in [2.75, 3.05) is 11.9 Å². The van der Waals surface area contributed by atoms with E-state index in [1.54, 1.807) is 6.20 Å². The fourth-order valence-corrected chi connectivity index (χ4v) is 1.95. The van der Waals surface area contributed by atoms with E-state index in [9.17, 15) is 13.2 Å². The number of halogens is 4. The molecule has 1 aromatic heterocycles. The number of nitrogens with zero attached hydrogens (tertiary/aromatic N) is 2. The maximum atomic E-state index is 12.7. The Kier molecular flexibility index (Phi) is 4.74. The number of hydrogen-bond acceptors (Lipinski definition) is 3. The molecule has 0 unspecified atom stereocenters. The highest BCUT2D eigenvalue weighted by atomic mass is 35.5. The van der Waals surface area contributed by atoms with Gasteiger partial charge in [-0.15, -0.1) is 0 Å². The average molecular weight is 320 g/mol. The summed E-state index contributed by atoms with van der Waals surface area (Å²) in [6.45, 7) is 0.458. The zero-order chi connectivity index (χ0) is 15.5. The van der Waals surface area contributed by atoms with E-state index in [0.29, 0.717) is 17.8 Å². The number of benzene rings is 1. The second kappa shape index (κ2) is 6.36. The van der Waals surface area contributed by atoms with Crippen LogP contribution in [0.25, 0.3) is 0 Å². The van der Waals surface area contributed by atoms with Gasteiger partial charge in [-0.05, 0) is 23.8 Å². The number of anilines is 1. The van der Waals surface area contributed by atoms with Crippen LogP contribution in [0.1, 0.15) is 11.1 Å². The monoisotopic (exact) mass is 319 g/mol. The minimum atomic E-state index is -4.40. The molecule has 0 aliphatic rings. The summed E-state index contributed by atoms with van der Waals surface area (Å²) >= 11 is 5.91. The summed E-state index contributed by atoms with van der Waals surface area (Å²) in [6, 6.07) is 3.20. The molecule has 0 spiro atoms. The number of aromatic nitrogens is 2. The van der Waals surface area contributed by atoms with Gasteiger partial charge in [-0.1, -0.05) is 11.6 Å². The molecule has 0 aliphatic heterocycles. The summed E-state index contributed by atoms with van der Waals surface area (Å²) in [5.74, 6) is 0. The van der Waals surface area contributed by atoms with E-state index >= 15 is 0 Å². The topological polar surface area (TPSA) is 50.1 Å². The van der Waals surface area contributed by atoms with Gasteiger partial charge < -0.3 is 10.4 Å². The van der Waals surface area contributed by atoms with Crippen LogP contribution in [0, 0.1) is 0 Å². The van der Waals surface area contributed by atoms with Gasteiger partial charge in [0, 0.05) is 17.8 Å². The fourth-order valence-electron chi connectivity index (χ4n) is 1.76. The van der Waals surface area contributed by atoms with Crippen LogP contribution in [0.15, 0.2) is 30.6 Å². The van der Waals surface area contributed by atoms with Crippen molar-refractivity contribution >= 4 is 17.3 Å². The van der Waals surface area contributed by atoms with Gasteiger partial charge in [-0.2, -0.15) is 18.3 Å². The molecule has 0 atom stereocenters. The van der Waals surface area contributed by atoms with Crippen LogP contribution >= 0.6 is 11.6 Å². The second-order valence-corrected chi connectivity index (χ2v) is 4.78. The van der Waals surface area contributed by atoms with Crippen molar-refractivity contribution in [3.8, 4) is 0 Å². The van der Waals surface area contributed by atoms with Gasteiger partial charge in [0.15, 0.2) is 0 Å². The lowest BCUT2D eigenvalue weighted by Gasteiger charge is -2.11. The van der Waals surface area contributed by atoms with Gasteiger partial charge in [0.25, 0.3) is 0 Å². The molecule has 4 nitrogen and oxygen atoms in total. The Morgan fingerprint density at radius 1 is 1.33 bits per heavy atom. The minimum absolute atomic E-state index is 0.0411. The summed E-state index contributed by atoms with van der Waals surface area (Å²) in [5, 5.41) is 16.0. The highest BCUT2D eigenvalue weighted by Crippen LogP contribution is 2.32. The van der Waals surface area contributed by atoms with Crippen molar-refractivity contribution in [1.82, 2.24) is 9.78 Å². The third-order valence-corrected chi connectivity index (χ3v) is 3.19. The SMILES string of the molecule is OCCn1cc(NCc2cc(C(F)(F)F)ccc2Cl)cn1. The molecule has 0 saturated heterocycles. The first kappa shape index (κ1) is 15.7. The lowest BCUT2D eigenvalue weighted by Crippen LogP contribution is -2.07. The first-order valence-electron chi connectivity index (χ1n) is 6.13. The second-order valence-electron chi connectivity index (χ2n) is 4.37. The normalized spacial score (nSPS) is 11.7. The Hall–Kier alpha value is -1.73. The van der Waals surface area contributed by atoms with Crippen LogP contribution in [-0.4, -0.2) is 21.5 Å². The summed E-state index contributed by atoms with van der Waals surface area (Å²) < 4.78 is 39.5. The van der Waals surface area contributed by atoms with E-state index in [2.05, 4.69) is 10.4 Å². The molecular weight excluding hydrogens is 307 g/mol. The van der Waals surface area contributed by atoms with Crippen LogP contribution in [0.3, 0.4) is 0 Å². The Bertz CT molecular complexity index is 613. The average Bonchev–Trinajstić information content (AvgIpc) is 2.84. The smallest absolute Gasteiger partial charge is 0.394 e. The maximum absolute atomic E-state index is 12.7. The Labute approximate surface area is 124 Å². The molecule has 2 N–H and O–H groups in total. The quantitative estimate of drug-likeness (QED) is 0.890. The van der Waals surface area contributed by atoms with Crippen LogP contribution < -0.4 is 5.32 Å². The molecule has 2 rings (SSSR count). The van der Waals surface area contributed by atoms with Crippen LogP contribution in [0.4, 0.5) is 18.9 Å². The molecule has 0 fully saturated rings. The lowest BCUT2D eigenvalue weighted by atomic mass is 10.1. The van der Waals surface area contributed by atoms with Crippen molar-refractivity contribution in [2.24, 2.45) is 0 Å². The van der Waals surface area contributed by atoms with Crippen molar-refractivity contribution in [3.63, 3.8) is 0 Å². The van der Waals surface area contributed by atoms with Crippen molar-refractivity contribution in [1.29, 1.82) is 0 Å². The zero-order valence-corrected chi connectivity index (χ0v) is 11.6. The predicted octanol–water partition coefficient (Wildman–Crippen LogP) is 3.16. The van der Waals surface area contributed by atoms with Crippen molar-refractivity contribution in [2.45, 2.75) is 19.3 Å². The molecule has 2 aromatic rings. The maximum Gasteiger partial charge on any atom is 0.416 e. The van der Waals surface area contributed by atoms with Gasteiger partial charge >= 0.3 is 6.18 Å². The van der Waals surface area contributed by atoms with Crippen molar-refractivity contribution in [3.05, 3.63) is 46.7 Å². The Morgan fingerprint density at radius 3 is 2.76 bits per heavy atom. The third kappa shape index (κ3) is 4.12. The largest absolute Gasteiger partial charge is 0.416 e. The van der Waals surface area contributed by atoms with Crippen LogP contribution in [0.5, 0.6) is 0 Å². The van der Waals surface area contributed by atoms with E-state index in [-0.39, 0.29) is 18.2 Å². The Morgan fingerprint density at radius 2 is 2.10 bits per heavy atom. The summed E-state index contributed by atoms with van der Waals surface area (Å²) in [7, 11) is 0. The van der Waals surface area contributed by atoms with Crippen LogP contribution in [0.2, 0.25) is 5.02 Å². The molecule has 0 amide bonds. The van der Waals surface area contributed by atoms with Gasteiger partial charge in [0.05, 0.1) is 30.6 Å². The van der Waals surface area contributed by atoms with E-state index in [1.807, 2.05) is 0 Å². The number of nitrogens with one attached hydrogen (secondary N) is 1. The zero-order valence-electron chi connectivity index (χ0n) is 10.9. The van der Waals surface area contributed by atoms with Gasteiger partial charge in [-0.25, -0.2) is 0 Å². The summed E-state index contributed by atoms with van der Waals surface area (Å²) in [4.78, 5) is 0. The fraction of sp³-hybridized carbons (Fsp3) is 0.308. The predicted molar refractivity (Wildman–Crippen MR) is 73.1 cm³/mol. The van der Waals surface area contributed by atoms with Crippen molar-refractivity contribution < 1.29 is 18.3 Å². The summed E-state index contributed by atoms with van der Waals surface area (Å²) in [6.07, 6.45) is -1.22. The molecule has 0 aliphatic carbocycles. The first-order chi connectivity index (χ1) is 9.90. The van der Waals surface area contributed by atoms with E-state index in [4.69, 9.17) is 16.7 Å². The minimum Gasteiger partial charge on any atom is -0.394 e. The van der Waals surface area contributed by atoms with E-state index in [1.165, 1.54) is 16.9 Å². The number of aliphatic hydroxyl groups is 1. The molecule has 0 saturated carbocycles. The van der Waals surface area contributed by atoms with Crippen LogP contribution in [-0.2, 0) is 19.3 Å². The first-order valence-corrected chi connectivity index (χ1v) is 6.51. The Balaban J connectivity index is 2.08. The summed E-state index contributed by atoms with van der Waals surface area (Å²) in [5.41, 5.74) is 0.248. The molecular formula is C13H13ClF3N3O. The third-order valence-electron chi connectivity index (χ3n) is 2.82. The highest BCUT2D eigenvalue weighted by Gasteiger charge is 2.30. The molecule has 114 valence electrons. The van der Waals surface area contributed by atoms with E-state index in [0.717, 1.165) is 12.1 Å². The molecule has 0 radical (unpaired) electrons. The molecule has 0 bridgehead atoms. The van der Waals surface area contributed by atoms with Gasteiger partial charge in [0.1, 0.15) is 0 Å². The number of rotatable bonds is 5. The lowest BCUT2D eigenvalue weighted by molar-refractivity contribution is -0.137. The molecule has 1 aromatic carbocycles. The van der Waals surface area contributed by atoms with Gasteiger partial charge in [-0.3, -0.25) is 4.68 Å². The highest BCUT2D eigenvalue weighted by molar-refractivity contribution is 6.31. The molecule has 21 heavy (non-hydrogen) atoms. The van der Waals surface area contributed by atoms with Gasteiger partial charge in [0.2, 0.25) is 0 Å².